The number of rotatable bonds is 8. The third kappa shape index (κ3) is 5.52. The highest BCUT2D eigenvalue weighted by Crippen LogP contribution is 2.32. The van der Waals surface area contributed by atoms with Crippen molar-refractivity contribution in [1.82, 2.24) is 9.80 Å². The van der Waals surface area contributed by atoms with E-state index in [1.165, 1.54) is 10.9 Å². The van der Waals surface area contributed by atoms with Gasteiger partial charge in [-0.1, -0.05) is 78.9 Å². The van der Waals surface area contributed by atoms with Crippen LogP contribution in [-0.4, -0.2) is 52.8 Å². The molecule has 0 aromatic heterocycles. The second-order valence-electron chi connectivity index (χ2n) is 10.3. The molecule has 5 nitrogen and oxygen atoms in total. The third-order valence-corrected chi connectivity index (χ3v) is 7.76. The molecule has 2 amide bonds. The van der Waals surface area contributed by atoms with Crippen molar-refractivity contribution in [2.24, 2.45) is 5.73 Å². The average molecular weight is 482 g/mol. The monoisotopic (exact) mass is 481 g/mol. The molecule has 36 heavy (non-hydrogen) atoms. The lowest BCUT2D eigenvalue weighted by Gasteiger charge is -2.40. The van der Waals surface area contributed by atoms with Crippen LogP contribution in [0.25, 0.3) is 10.8 Å². The Morgan fingerprint density at radius 3 is 2.44 bits per heavy atom. The third-order valence-electron chi connectivity index (χ3n) is 7.76. The van der Waals surface area contributed by atoms with Crippen molar-refractivity contribution in [3.05, 3.63) is 96.1 Å². The van der Waals surface area contributed by atoms with Gasteiger partial charge in [0.15, 0.2) is 0 Å². The van der Waals surface area contributed by atoms with Crippen LogP contribution in [0.15, 0.2) is 84.9 Å². The molecule has 1 saturated heterocycles. The van der Waals surface area contributed by atoms with Crippen molar-refractivity contribution in [3.63, 3.8) is 0 Å². The van der Waals surface area contributed by atoms with Gasteiger partial charge in [0, 0.05) is 31.6 Å². The molecule has 2 aliphatic rings. The summed E-state index contributed by atoms with van der Waals surface area (Å²) >= 11 is 0. The summed E-state index contributed by atoms with van der Waals surface area (Å²) in [5.74, 6) is -0.0684. The molecule has 1 aliphatic carbocycles. The van der Waals surface area contributed by atoms with Gasteiger partial charge >= 0.3 is 0 Å². The molecule has 5 heteroatoms. The van der Waals surface area contributed by atoms with E-state index < -0.39 is 6.04 Å². The minimum Gasteiger partial charge on any atom is -0.339 e. The molecule has 3 aromatic carbocycles. The van der Waals surface area contributed by atoms with E-state index in [9.17, 15) is 9.59 Å². The minimum atomic E-state index is -0.511. The van der Waals surface area contributed by atoms with Gasteiger partial charge in [-0.05, 0) is 60.1 Å². The number of carbonyl (C=O) groups is 2. The van der Waals surface area contributed by atoms with Gasteiger partial charge in [0.05, 0.1) is 0 Å². The summed E-state index contributed by atoms with van der Waals surface area (Å²) in [6.45, 7) is 1.75. The molecular formula is C31H35N3O2. The molecule has 2 N–H and O–H groups in total. The topological polar surface area (TPSA) is 66.6 Å². The van der Waals surface area contributed by atoms with Crippen LogP contribution in [0.4, 0.5) is 0 Å². The quantitative estimate of drug-likeness (QED) is 0.482. The first-order chi connectivity index (χ1) is 17.5. The van der Waals surface area contributed by atoms with Crippen molar-refractivity contribution < 1.29 is 9.59 Å². The first-order valence-corrected chi connectivity index (χ1v) is 13.1. The minimum absolute atomic E-state index is 0.0291. The van der Waals surface area contributed by atoms with E-state index in [2.05, 4.69) is 42.5 Å². The predicted octanol–water partition coefficient (Wildman–Crippen LogP) is 4.49. The fraction of sp³-hybridized carbons (Fsp3) is 0.355. The Morgan fingerprint density at radius 2 is 1.69 bits per heavy atom. The lowest BCUT2D eigenvalue weighted by Crippen LogP contribution is -2.59. The van der Waals surface area contributed by atoms with E-state index in [0.29, 0.717) is 32.5 Å². The van der Waals surface area contributed by atoms with Crippen LogP contribution in [0.2, 0.25) is 0 Å². The van der Waals surface area contributed by atoms with Crippen LogP contribution in [0.1, 0.15) is 36.8 Å². The van der Waals surface area contributed by atoms with Gasteiger partial charge in [0.1, 0.15) is 6.04 Å². The molecule has 1 atom stereocenters. The second-order valence-corrected chi connectivity index (χ2v) is 10.3. The molecule has 1 aliphatic heterocycles. The highest BCUT2D eigenvalue weighted by molar-refractivity contribution is 5.94. The van der Waals surface area contributed by atoms with Gasteiger partial charge in [0.2, 0.25) is 11.8 Å². The van der Waals surface area contributed by atoms with Gasteiger partial charge in [-0.3, -0.25) is 9.59 Å². The Bertz CT molecular complexity index is 1250. The summed E-state index contributed by atoms with van der Waals surface area (Å²) < 4.78 is 0. The molecule has 3 aromatic rings. The van der Waals surface area contributed by atoms with Crippen molar-refractivity contribution >= 4 is 22.6 Å². The van der Waals surface area contributed by atoms with Crippen molar-refractivity contribution in [1.29, 1.82) is 0 Å². The highest BCUT2D eigenvalue weighted by atomic mass is 16.2. The number of benzene rings is 3. The van der Waals surface area contributed by atoms with Gasteiger partial charge in [0.25, 0.3) is 0 Å². The average Bonchev–Trinajstić information content (AvgIpc) is 2.88. The number of nitrogens with zero attached hydrogens (tertiary/aromatic N) is 2. The zero-order chi connectivity index (χ0) is 25.0. The van der Waals surface area contributed by atoms with Crippen LogP contribution < -0.4 is 5.73 Å². The summed E-state index contributed by atoms with van der Waals surface area (Å²) in [4.78, 5) is 30.7. The highest BCUT2D eigenvalue weighted by Gasteiger charge is 2.37. The number of hydrogen-bond donors (Lipinski definition) is 1. The first-order valence-electron chi connectivity index (χ1n) is 13.1. The van der Waals surface area contributed by atoms with Crippen LogP contribution in [-0.2, 0) is 22.4 Å². The maximum absolute atomic E-state index is 13.7. The van der Waals surface area contributed by atoms with Crippen molar-refractivity contribution in [3.8, 4) is 0 Å². The first kappa shape index (κ1) is 24.3. The Hall–Kier alpha value is -3.44. The normalized spacial score (nSPS) is 19.6. The lowest BCUT2D eigenvalue weighted by molar-refractivity contribution is -0.149. The maximum Gasteiger partial charge on any atom is 0.246 e. The molecule has 5 rings (SSSR count). The van der Waals surface area contributed by atoms with E-state index in [1.807, 2.05) is 41.3 Å². The van der Waals surface area contributed by atoms with E-state index in [0.717, 1.165) is 36.6 Å². The standard InChI is InChI=1S/C31H35N3O2/c32-31(17-7-18-31)16-6-12-29(35)34-21-20-33(19-15-24-8-2-1-3-9-24)30(36)28(34)23-25-13-14-26-10-4-5-11-27(26)22-25/h1-6,8-14,22,28H,7,15-21,23,32H2/b12-6+/t28-/m1/s1. The van der Waals surface area contributed by atoms with Crippen molar-refractivity contribution in [2.75, 3.05) is 19.6 Å². The molecule has 0 radical (unpaired) electrons. The van der Waals surface area contributed by atoms with E-state index in [1.54, 1.807) is 11.0 Å². The zero-order valence-corrected chi connectivity index (χ0v) is 20.8. The Balaban J connectivity index is 1.33. The van der Waals surface area contributed by atoms with Crippen molar-refractivity contribution in [2.45, 2.75) is 50.1 Å². The molecule has 1 saturated carbocycles. The lowest BCUT2D eigenvalue weighted by atomic mass is 9.75. The van der Waals surface area contributed by atoms with Gasteiger partial charge in [-0.2, -0.15) is 0 Å². The van der Waals surface area contributed by atoms with E-state index in [4.69, 9.17) is 5.73 Å². The fourth-order valence-corrected chi connectivity index (χ4v) is 5.34. The molecular weight excluding hydrogens is 446 g/mol. The van der Waals surface area contributed by atoms with Crippen LogP contribution in [0.5, 0.6) is 0 Å². The fourth-order valence-electron chi connectivity index (χ4n) is 5.34. The second kappa shape index (κ2) is 10.7. The number of carbonyl (C=O) groups excluding carboxylic acids is 2. The number of amides is 2. The summed E-state index contributed by atoms with van der Waals surface area (Å²) in [7, 11) is 0. The molecule has 186 valence electrons. The molecule has 0 bridgehead atoms. The molecule has 2 fully saturated rings. The summed E-state index contributed by atoms with van der Waals surface area (Å²) in [5, 5.41) is 2.31. The van der Waals surface area contributed by atoms with Crippen LogP contribution in [0.3, 0.4) is 0 Å². The van der Waals surface area contributed by atoms with Gasteiger partial charge in [-0.15, -0.1) is 0 Å². The number of nitrogens with two attached hydrogens (primary N) is 1. The number of fused-ring (bicyclic) bond motifs is 1. The SMILES string of the molecule is NC1(C/C=C/C(=O)N2CCN(CCc3ccccc3)C(=O)[C@H]2Cc2ccc3ccccc3c2)CCC1. The van der Waals surface area contributed by atoms with E-state index in [-0.39, 0.29) is 17.4 Å². The Morgan fingerprint density at radius 1 is 0.944 bits per heavy atom. The molecule has 1 heterocycles. The Kier molecular flexibility index (Phi) is 7.19. The van der Waals surface area contributed by atoms with Crippen LogP contribution in [0, 0.1) is 0 Å². The predicted molar refractivity (Wildman–Crippen MR) is 144 cm³/mol. The Labute approximate surface area is 213 Å². The maximum atomic E-state index is 13.7. The molecule has 0 unspecified atom stereocenters. The van der Waals surface area contributed by atoms with Gasteiger partial charge in [-0.25, -0.2) is 0 Å². The summed E-state index contributed by atoms with van der Waals surface area (Å²) in [6, 6.07) is 24.3. The van der Waals surface area contributed by atoms with Crippen LogP contribution >= 0.6 is 0 Å². The van der Waals surface area contributed by atoms with E-state index >= 15 is 0 Å². The molecule has 0 spiro atoms. The largest absolute Gasteiger partial charge is 0.339 e. The summed E-state index contributed by atoms with van der Waals surface area (Å²) in [6.07, 6.45) is 8.73. The number of piperazine rings is 1. The zero-order valence-electron chi connectivity index (χ0n) is 20.8. The van der Waals surface area contributed by atoms with Gasteiger partial charge < -0.3 is 15.5 Å². The summed E-state index contributed by atoms with van der Waals surface area (Å²) in [5.41, 5.74) is 8.44. The number of hydrogen-bond acceptors (Lipinski definition) is 3. The smallest absolute Gasteiger partial charge is 0.246 e.